The number of nitrogens with one attached hydrogen (secondary N) is 1. The predicted octanol–water partition coefficient (Wildman–Crippen LogP) is 1.64. The van der Waals surface area contributed by atoms with Gasteiger partial charge in [0.2, 0.25) is 5.91 Å². The van der Waals surface area contributed by atoms with Crippen molar-refractivity contribution < 1.29 is 9.90 Å². The first-order valence-electron chi connectivity index (χ1n) is 6.87. The summed E-state index contributed by atoms with van der Waals surface area (Å²) in [6.07, 6.45) is 2.12. The van der Waals surface area contributed by atoms with Crippen molar-refractivity contribution in [2.75, 3.05) is 31.6 Å². The Morgan fingerprint density at radius 1 is 1.53 bits per heavy atom. The highest BCUT2D eigenvalue weighted by atomic mass is 16.3. The van der Waals surface area contributed by atoms with Gasteiger partial charge >= 0.3 is 0 Å². The van der Waals surface area contributed by atoms with Crippen LogP contribution in [0.3, 0.4) is 0 Å². The van der Waals surface area contributed by atoms with Gasteiger partial charge in [-0.1, -0.05) is 12.1 Å². The number of anilines is 1. The number of hydrogen-bond donors (Lipinski definition) is 2. The third-order valence-corrected chi connectivity index (χ3v) is 3.53. The van der Waals surface area contributed by atoms with Gasteiger partial charge < -0.3 is 10.4 Å². The van der Waals surface area contributed by atoms with E-state index in [-0.39, 0.29) is 12.5 Å². The number of nitrogens with zero attached hydrogens (tertiary/aromatic N) is 1. The second kappa shape index (κ2) is 6.68. The Kier molecular flexibility index (Phi) is 4.93. The third kappa shape index (κ3) is 4.33. The molecule has 19 heavy (non-hydrogen) atoms. The van der Waals surface area contributed by atoms with Crippen LogP contribution in [0.4, 0.5) is 5.69 Å². The van der Waals surface area contributed by atoms with E-state index in [0.717, 1.165) is 37.2 Å². The molecule has 1 amide bonds. The molecule has 1 fully saturated rings. The maximum atomic E-state index is 12.0. The van der Waals surface area contributed by atoms with Crippen molar-refractivity contribution >= 4 is 11.6 Å². The second-order valence-corrected chi connectivity index (χ2v) is 5.34. The first kappa shape index (κ1) is 14.0. The minimum absolute atomic E-state index is 0.0178. The molecule has 0 radical (unpaired) electrons. The molecule has 1 aromatic carbocycles. The molecule has 1 atom stereocenters. The number of amides is 1. The van der Waals surface area contributed by atoms with Crippen LogP contribution in [0.1, 0.15) is 18.4 Å². The fraction of sp³-hybridized carbons (Fsp3) is 0.533. The Balaban J connectivity index is 1.84. The van der Waals surface area contributed by atoms with Crippen LogP contribution >= 0.6 is 0 Å². The van der Waals surface area contributed by atoms with Crippen molar-refractivity contribution in [2.45, 2.75) is 19.8 Å². The number of rotatable bonds is 4. The lowest BCUT2D eigenvalue weighted by atomic mass is 9.99. The Hall–Kier alpha value is -1.39. The fourth-order valence-corrected chi connectivity index (χ4v) is 2.57. The van der Waals surface area contributed by atoms with E-state index in [9.17, 15) is 9.90 Å². The number of aliphatic hydroxyl groups is 1. The van der Waals surface area contributed by atoms with Crippen molar-refractivity contribution in [1.82, 2.24) is 4.90 Å². The molecular formula is C15H22N2O2. The topological polar surface area (TPSA) is 52.6 Å². The minimum atomic E-state index is 0.0178. The third-order valence-electron chi connectivity index (χ3n) is 3.53. The van der Waals surface area contributed by atoms with Crippen LogP contribution in [-0.2, 0) is 4.79 Å². The number of aryl methyl sites for hydroxylation is 1. The zero-order valence-electron chi connectivity index (χ0n) is 11.4. The van der Waals surface area contributed by atoms with E-state index in [1.165, 1.54) is 0 Å². The Labute approximate surface area is 114 Å². The van der Waals surface area contributed by atoms with Crippen molar-refractivity contribution in [2.24, 2.45) is 5.92 Å². The van der Waals surface area contributed by atoms with Crippen molar-refractivity contribution in [3.05, 3.63) is 29.8 Å². The first-order valence-corrected chi connectivity index (χ1v) is 6.87. The molecule has 0 spiro atoms. The average Bonchev–Trinajstić information content (AvgIpc) is 2.38. The van der Waals surface area contributed by atoms with E-state index in [1.54, 1.807) is 0 Å². The highest BCUT2D eigenvalue weighted by Crippen LogP contribution is 2.16. The van der Waals surface area contributed by atoms with Crippen LogP contribution in [0.5, 0.6) is 0 Å². The number of likely N-dealkylation sites (tertiary alicyclic amines) is 1. The molecule has 4 nitrogen and oxygen atoms in total. The molecule has 1 aliphatic heterocycles. The number of hydrogen-bond acceptors (Lipinski definition) is 3. The molecule has 1 aliphatic rings. The lowest BCUT2D eigenvalue weighted by molar-refractivity contribution is -0.117. The van der Waals surface area contributed by atoms with Crippen molar-refractivity contribution in [3.8, 4) is 0 Å². The van der Waals surface area contributed by atoms with E-state index >= 15 is 0 Å². The summed E-state index contributed by atoms with van der Waals surface area (Å²) in [6.45, 7) is 4.39. The SMILES string of the molecule is Cc1cccc(NC(=O)CN2CCCC(CO)C2)c1. The van der Waals surface area contributed by atoms with Crippen molar-refractivity contribution in [1.29, 1.82) is 0 Å². The standard InChI is InChI=1S/C15H22N2O2/c1-12-4-2-6-14(8-12)16-15(19)10-17-7-3-5-13(9-17)11-18/h2,4,6,8,13,18H,3,5,7,9-11H2,1H3,(H,16,19). The van der Waals surface area contributed by atoms with Crippen LogP contribution in [0.2, 0.25) is 0 Å². The average molecular weight is 262 g/mol. The summed E-state index contributed by atoms with van der Waals surface area (Å²) in [7, 11) is 0. The Bertz CT molecular complexity index is 434. The van der Waals surface area contributed by atoms with E-state index < -0.39 is 0 Å². The second-order valence-electron chi connectivity index (χ2n) is 5.34. The molecule has 1 unspecified atom stereocenters. The Morgan fingerprint density at radius 3 is 3.11 bits per heavy atom. The maximum Gasteiger partial charge on any atom is 0.238 e. The minimum Gasteiger partial charge on any atom is -0.396 e. The van der Waals surface area contributed by atoms with Gasteiger partial charge in [0.15, 0.2) is 0 Å². The molecule has 1 saturated heterocycles. The highest BCUT2D eigenvalue weighted by molar-refractivity contribution is 5.92. The summed E-state index contributed by atoms with van der Waals surface area (Å²) >= 11 is 0. The summed E-state index contributed by atoms with van der Waals surface area (Å²) in [5.41, 5.74) is 1.98. The summed E-state index contributed by atoms with van der Waals surface area (Å²) in [4.78, 5) is 14.1. The van der Waals surface area contributed by atoms with Crippen LogP contribution < -0.4 is 5.32 Å². The molecule has 104 valence electrons. The fourth-order valence-electron chi connectivity index (χ4n) is 2.57. The van der Waals surface area contributed by atoms with Gasteiger partial charge in [-0.3, -0.25) is 9.69 Å². The summed E-state index contributed by atoms with van der Waals surface area (Å²) in [5.74, 6) is 0.338. The van der Waals surface area contributed by atoms with E-state index in [1.807, 2.05) is 31.2 Å². The first-order chi connectivity index (χ1) is 9.17. The van der Waals surface area contributed by atoms with Crippen LogP contribution in [-0.4, -0.2) is 42.2 Å². The number of carbonyl (C=O) groups is 1. The van der Waals surface area contributed by atoms with E-state index in [0.29, 0.717) is 12.5 Å². The summed E-state index contributed by atoms with van der Waals surface area (Å²) in [5, 5.41) is 12.1. The zero-order valence-corrected chi connectivity index (χ0v) is 11.4. The number of carbonyl (C=O) groups excluding carboxylic acids is 1. The molecule has 2 rings (SSSR count). The van der Waals surface area contributed by atoms with Gasteiger partial charge in [0.05, 0.1) is 6.54 Å². The smallest absolute Gasteiger partial charge is 0.238 e. The monoisotopic (exact) mass is 262 g/mol. The van der Waals surface area contributed by atoms with Crippen molar-refractivity contribution in [3.63, 3.8) is 0 Å². The number of piperidine rings is 1. The van der Waals surface area contributed by atoms with Gasteiger partial charge in [-0.05, 0) is 49.9 Å². The van der Waals surface area contributed by atoms with Crippen LogP contribution in [0, 0.1) is 12.8 Å². The van der Waals surface area contributed by atoms with Crippen LogP contribution in [0.25, 0.3) is 0 Å². The summed E-state index contributed by atoms with van der Waals surface area (Å²) < 4.78 is 0. The molecular weight excluding hydrogens is 240 g/mol. The summed E-state index contributed by atoms with van der Waals surface area (Å²) in [6, 6.07) is 7.81. The van der Waals surface area contributed by atoms with Gasteiger partial charge in [0.1, 0.15) is 0 Å². The normalized spacial score (nSPS) is 20.2. The van der Waals surface area contributed by atoms with Gasteiger partial charge in [0.25, 0.3) is 0 Å². The van der Waals surface area contributed by atoms with Gasteiger partial charge in [-0.2, -0.15) is 0 Å². The van der Waals surface area contributed by atoms with Crippen LogP contribution in [0.15, 0.2) is 24.3 Å². The molecule has 2 N–H and O–H groups in total. The molecule has 0 saturated carbocycles. The molecule has 1 heterocycles. The van der Waals surface area contributed by atoms with Gasteiger partial charge in [0, 0.05) is 18.8 Å². The maximum absolute atomic E-state index is 12.0. The quantitative estimate of drug-likeness (QED) is 0.867. The van der Waals surface area contributed by atoms with E-state index in [4.69, 9.17) is 0 Å². The van der Waals surface area contributed by atoms with E-state index in [2.05, 4.69) is 10.2 Å². The van der Waals surface area contributed by atoms with Gasteiger partial charge in [-0.15, -0.1) is 0 Å². The molecule has 1 aromatic rings. The lowest BCUT2D eigenvalue weighted by Crippen LogP contribution is -2.41. The number of benzene rings is 1. The molecule has 0 aromatic heterocycles. The molecule has 0 bridgehead atoms. The number of aliphatic hydroxyl groups excluding tert-OH is 1. The Morgan fingerprint density at radius 2 is 2.37 bits per heavy atom. The lowest BCUT2D eigenvalue weighted by Gasteiger charge is -2.31. The highest BCUT2D eigenvalue weighted by Gasteiger charge is 2.20. The zero-order chi connectivity index (χ0) is 13.7. The predicted molar refractivity (Wildman–Crippen MR) is 76.1 cm³/mol. The molecule has 4 heteroatoms. The largest absolute Gasteiger partial charge is 0.396 e. The van der Waals surface area contributed by atoms with Gasteiger partial charge in [-0.25, -0.2) is 0 Å². The molecule has 0 aliphatic carbocycles.